The first-order valence-corrected chi connectivity index (χ1v) is 8.18. The number of benzene rings is 1. The maximum atomic E-state index is 6.15. The molecule has 0 heterocycles. The zero-order chi connectivity index (χ0) is 14.4. The van der Waals surface area contributed by atoms with Crippen molar-refractivity contribution in [3.8, 4) is 5.75 Å². The van der Waals surface area contributed by atoms with Crippen LogP contribution in [0.15, 0.2) is 18.2 Å². The summed E-state index contributed by atoms with van der Waals surface area (Å²) in [6.45, 7) is 4.34. The fourth-order valence-electron chi connectivity index (χ4n) is 3.30. The Kier molecular flexibility index (Phi) is 6.18. The van der Waals surface area contributed by atoms with Crippen LogP contribution in [0.25, 0.3) is 0 Å². The number of hydrogen-bond acceptors (Lipinski definition) is 2. The maximum Gasteiger partial charge on any atom is 0.137 e. The number of hydrogen-bond donors (Lipinski definition) is 1. The van der Waals surface area contributed by atoms with E-state index >= 15 is 0 Å². The third-order valence-electron chi connectivity index (χ3n) is 4.42. The topological polar surface area (TPSA) is 21.3 Å². The summed E-state index contributed by atoms with van der Waals surface area (Å²) in [6.07, 6.45) is 6.66. The molecule has 1 aliphatic carbocycles. The molecule has 1 saturated carbocycles. The van der Waals surface area contributed by atoms with E-state index in [0.717, 1.165) is 24.8 Å². The van der Waals surface area contributed by atoms with Crippen molar-refractivity contribution < 1.29 is 4.74 Å². The van der Waals surface area contributed by atoms with Crippen molar-refractivity contribution in [3.63, 3.8) is 0 Å². The molecule has 2 atom stereocenters. The van der Waals surface area contributed by atoms with E-state index in [1.807, 2.05) is 6.07 Å². The zero-order valence-electron chi connectivity index (χ0n) is 12.6. The van der Waals surface area contributed by atoms with Gasteiger partial charge in [0.25, 0.3) is 0 Å². The van der Waals surface area contributed by atoms with Crippen LogP contribution < -0.4 is 10.1 Å². The van der Waals surface area contributed by atoms with Crippen LogP contribution in [-0.2, 0) is 0 Å². The standard InChI is InChI=1S/C17H26ClNO/c1-3-19-12-14-7-5-4-6-8-15(14)13-9-10-16(18)17(11-13)20-2/h9-11,14-15,19H,3-8,12H2,1-2H3. The van der Waals surface area contributed by atoms with Crippen molar-refractivity contribution in [1.82, 2.24) is 5.32 Å². The summed E-state index contributed by atoms with van der Waals surface area (Å²) >= 11 is 6.15. The second-order valence-electron chi connectivity index (χ2n) is 5.71. The molecule has 1 aliphatic rings. The van der Waals surface area contributed by atoms with Gasteiger partial charge in [0.15, 0.2) is 0 Å². The molecule has 0 aromatic heterocycles. The Morgan fingerprint density at radius 2 is 2.05 bits per heavy atom. The van der Waals surface area contributed by atoms with Gasteiger partial charge in [-0.15, -0.1) is 0 Å². The van der Waals surface area contributed by atoms with Gasteiger partial charge in [0.2, 0.25) is 0 Å². The second kappa shape index (κ2) is 7.90. The summed E-state index contributed by atoms with van der Waals surface area (Å²) in [5, 5.41) is 4.23. The molecule has 1 aromatic carbocycles. The highest BCUT2D eigenvalue weighted by Crippen LogP contribution is 2.38. The van der Waals surface area contributed by atoms with E-state index in [1.54, 1.807) is 7.11 Å². The largest absolute Gasteiger partial charge is 0.495 e. The Hall–Kier alpha value is -0.730. The highest BCUT2D eigenvalue weighted by atomic mass is 35.5. The van der Waals surface area contributed by atoms with Crippen LogP contribution >= 0.6 is 11.6 Å². The fourth-order valence-corrected chi connectivity index (χ4v) is 3.50. The lowest BCUT2D eigenvalue weighted by Crippen LogP contribution is -2.26. The molecule has 112 valence electrons. The van der Waals surface area contributed by atoms with Crippen molar-refractivity contribution in [2.75, 3.05) is 20.2 Å². The third kappa shape index (κ3) is 3.89. The molecule has 1 aromatic rings. The van der Waals surface area contributed by atoms with Gasteiger partial charge in [-0.2, -0.15) is 0 Å². The van der Waals surface area contributed by atoms with Crippen molar-refractivity contribution in [3.05, 3.63) is 28.8 Å². The van der Waals surface area contributed by atoms with Crippen LogP contribution in [0.1, 0.15) is 50.5 Å². The molecule has 2 unspecified atom stereocenters. The number of rotatable bonds is 5. The second-order valence-corrected chi connectivity index (χ2v) is 6.11. The molecule has 0 spiro atoms. The first kappa shape index (κ1) is 15.7. The molecule has 2 nitrogen and oxygen atoms in total. The van der Waals surface area contributed by atoms with Crippen LogP contribution in [0, 0.1) is 5.92 Å². The molecule has 0 saturated heterocycles. The Bertz CT molecular complexity index is 421. The van der Waals surface area contributed by atoms with E-state index in [1.165, 1.54) is 37.7 Å². The molecule has 2 rings (SSSR count). The Morgan fingerprint density at radius 3 is 2.80 bits per heavy atom. The fraction of sp³-hybridized carbons (Fsp3) is 0.647. The van der Waals surface area contributed by atoms with Crippen LogP contribution in [0.5, 0.6) is 5.75 Å². The molecule has 1 N–H and O–H groups in total. The van der Waals surface area contributed by atoms with Gasteiger partial charge < -0.3 is 10.1 Å². The van der Waals surface area contributed by atoms with Gasteiger partial charge in [-0.25, -0.2) is 0 Å². The van der Waals surface area contributed by atoms with E-state index in [0.29, 0.717) is 10.9 Å². The van der Waals surface area contributed by atoms with Crippen LogP contribution in [0.3, 0.4) is 0 Å². The quantitative estimate of drug-likeness (QED) is 0.800. The van der Waals surface area contributed by atoms with Crippen LogP contribution in [0.2, 0.25) is 5.02 Å². The molecule has 0 radical (unpaired) electrons. The number of nitrogens with one attached hydrogen (secondary N) is 1. The molecule has 0 aliphatic heterocycles. The number of halogens is 1. The lowest BCUT2D eigenvalue weighted by molar-refractivity contribution is 0.375. The molecular formula is C17H26ClNO. The van der Waals surface area contributed by atoms with E-state index < -0.39 is 0 Å². The molecule has 1 fully saturated rings. The van der Waals surface area contributed by atoms with Crippen molar-refractivity contribution in [2.45, 2.75) is 44.9 Å². The SMILES string of the molecule is CCNCC1CCCCCC1c1ccc(Cl)c(OC)c1. The van der Waals surface area contributed by atoms with E-state index in [-0.39, 0.29) is 0 Å². The molecular weight excluding hydrogens is 270 g/mol. The highest BCUT2D eigenvalue weighted by molar-refractivity contribution is 6.32. The Morgan fingerprint density at radius 1 is 1.25 bits per heavy atom. The summed E-state index contributed by atoms with van der Waals surface area (Å²) < 4.78 is 5.38. The summed E-state index contributed by atoms with van der Waals surface area (Å²) in [5.41, 5.74) is 1.39. The predicted octanol–water partition coefficient (Wildman–Crippen LogP) is 4.62. The van der Waals surface area contributed by atoms with Gasteiger partial charge in [0, 0.05) is 0 Å². The summed E-state index contributed by atoms with van der Waals surface area (Å²) in [4.78, 5) is 0. The average molecular weight is 296 g/mol. The Balaban J connectivity index is 2.20. The number of ether oxygens (including phenoxy) is 1. The molecule has 3 heteroatoms. The monoisotopic (exact) mass is 295 g/mol. The summed E-state index contributed by atoms with van der Waals surface area (Å²) in [6, 6.07) is 6.29. The average Bonchev–Trinajstić information content (AvgIpc) is 2.71. The van der Waals surface area contributed by atoms with E-state index in [2.05, 4.69) is 24.4 Å². The van der Waals surface area contributed by atoms with Gasteiger partial charge in [-0.05, 0) is 55.5 Å². The zero-order valence-corrected chi connectivity index (χ0v) is 13.4. The van der Waals surface area contributed by atoms with Crippen molar-refractivity contribution >= 4 is 11.6 Å². The van der Waals surface area contributed by atoms with Gasteiger partial charge >= 0.3 is 0 Å². The minimum atomic E-state index is 0.628. The Labute approximate surface area is 127 Å². The number of methoxy groups -OCH3 is 1. The minimum absolute atomic E-state index is 0.628. The van der Waals surface area contributed by atoms with Crippen molar-refractivity contribution in [1.29, 1.82) is 0 Å². The summed E-state index contributed by atoms with van der Waals surface area (Å²) in [7, 11) is 1.69. The van der Waals surface area contributed by atoms with Crippen LogP contribution in [0.4, 0.5) is 0 Å². The maximum absolute atomic E-state index is 6.15. The predicted molar refractivity (Wildman–Crippen MR) is 85.9 cm³/mol. The lowest BCUT2D eigenvalue weighted by atomic mass is 9.82. The normalized spacial score (nSPS) is 23.4. The smallest absolute Gasteiger partial charge is 0.137 e. The molecule has 0 amide bonds. The van der Waals surface area contributed by atoms with Gasteiger partial charge in [-0.3, -0.25) is 0 Å². The van der Waals surface area contributed by atoms with Gasteiger partial charge in [-0.1, -0.05) is 43.9 Å². The lowest BCUT2D eigenvalue weighted by Gasteiger charge is -2.26. The van der Waals surface area contributed by atoms with Gasteiger partial charge in [0.1, 0.15) is 5.75 Å². The van der Waals surface area contributed by atoms with Gasteiger partial charge in [0.05, 0.1) is 12.1 Å². The van der Waals surface area contributed by atoms with E-state index in [9.17, 15) is 0 Å². The summed E-state index contributed by atoms with van der Waals surface area (Å²) in [5.74, 6) is 2.15. The molecule has 0 bridgehead atoms. The highest BCUT2D eigenvalue weighted by Gasteiger charge is 2.25. The third-order valence-corrected chi connectivity index (χ3v) is 4.73. The van der Waals surface area contributed by atoms with Crippen LogP contribution in [-0.4, -0.2) is 20.2 Å². The first-order chi connectivity index (χ1) is 9.76. The van der Waals surface area contributed by atoms with E-state index in [4.69, 9.17) is 16.3 Å². The van der Waals surface area contributed by atoms with Crippen molar-refractivity contribution in [2.24, 2.45) is 5.92 Å². The molecule has 20 heavy (non-hydrogen) atoms. The minimum Gasteiger partial charge on any atom is -0.495 e. The first-order valence-electron chi connectivity index (χ1n) is 7.80.